The van der Waals surface area contributed by atoms with Crippen LogP contribution in [0.15, 0.2) is 24.3 Å². The van der Waals surface area contributed by atoms with Crippen LogP contribution >= 0.6 is 22.9 Å². The first-order chi connectivity index (χ1) is 15.0. The Bertz CT molecular complexity index is 958. The normalized spacial score (nSPS) is 19.0. The molecule has 0 saturated carbocycles. The molecular formula is C24H29ClN2O3S. The fourth-order valence-corrected chi connectivity index (χ4v) is 6.09. The maximum atomic E-state index is 13.2. The van der Waals surface area contributed by atoms with E-state index in [0.717, 1.165) is 67.8 Å². The number of nitrogens with zero attached hydrogens (tertiary/aromatic N) is 1. The van der Waals surface area contributed by atoms with Gasteiger partial charge in [-0.25, -0.2) is 4.79 Å². The molecule has 1 aromatic heterocycles. The Labute approximate surface area is 192 Å². The molecule has 166 valence electrons. The average molecular weight is 461 g/mol. The van der Waals surface area contributed by atoms with E-state index in [9.17, 15) is 9.59 Å². The molecule has 1 fully saturated rings. The molecule has 2 aromatic rings. The molecule has 0 bridgehead atoms. The Morgan fingerprint density at radius 3 is 2.90 bits per heavy atom. The summed E-state index contributed by atoms with van der Waals surface area (Å²) >= 11 is 7.67. The number of thiophene rings is 1. The van der Waals surface area contributed by atoms with Crippen molar-refractivity contribution in [3.05, 3.63) is 50.9 Å². The molecule has 1 aromatic carbocycles. The van der Waals surface area contributed by atoms with Gasteiger partial charge < -0.3 is 10.1 Å². The van der Waals surface area contributed by atoms with E-state index in [1.807, 2.05) is 25.1 Å². The molecule has 0 spiro atoms. The van der Waals surface area contributed by atoms with Gasteiger partial charge in [0.15, 0.2) is 0 Å². The molecular weight excluding hydrogens is 432 g/mol. The summed E-state index contributed by atoms with van der Waals surface area (Å²) in [5.74, 6) is -0.412. The number of hydrogen-bond donors (Lipinski definition) is 1. The number of halogens is 1. The number of rotatable bonds is 6. The largest absolute Gasteiger partial charge is 0.462 e. The topological polar surface area (TPSA) is 58.6 Å². The van der Waals surface area contributed by atoms with E-state index < -0.39 is 0 Å². The minimum Gasteiger partial charge on any atom is -0.462 e. The molecule has 1 saturated heterocycles. The maximum Gasteiger partial charge on any atom is 0.341 e. The number of piperidine rings is 1. The van der Waals surface area contributed by atoms with Crippen LogP contribution in [-0.2, 0) is 28.9 Å². The van der Waals surface area contributed by atoms with Crippen LogP contribution in [0, 0.1) is 5.92 Å². The highest BCUT2D eigenvalue weighted by molar-refractivity contribution is 7.17. The number of fused-ring (bicyclic) bond motifs is 1. The van der Waals surface area contributed by atoms with Gasteiger partial charge >= 0.3 is 5.97 Å². The van der Waals surface area contributed by atoms with Crippen LogP contribution in [0.3, 0.4) is 0 Å². The first-order valence-corrected chi connectivity index (χ1v) is 12.3. The lowest BCUT2D eigenvalue weighted by molar-refractivity contribution is -0.121. The first-order valence-electron chi connectivity index (χ1n) is 11.1. The van der Waals surface area contributed by atoms with Gasteiger partial charge in [0.2, 0.25) is 5.91 Å². The predicted molar refractivity (Wildman–Crippen MR) is 125 cm³/mol. The summed E-state index contributed by atoms with van der Waals surface area (Å²) in [7, 11) is 0. The van der Waals surface area contributed by atoms with Gasteiger partial charge in [0.05, 0.1) is 18.1 Å². The van der Waals surface area contributed by atoms with Crippen molar-refractivity contribution in [1.29, 1.82) is 0 Å². The van der Waals surface area contributed by atoms with E-state index in [-0.39, 0.29) is 17.8 Å². The van der Waals surface area contributed by atoms with E-state index in [1.54, 1.807) is 11.3 Å². The molecule has 1 aliphatic carbocycles. The SMILES string of the molecule is CCOC(=O)c1c(NC(=O)C2CCCN(Cc3cccc(Cl)c3)C2)sc2c1CCCC2. The van der Waals surface area contributed by atoms with Gasteiger partial charge in [-0.1, -0.05) is 23.7 Å². The summed E-state index contributed by atoms with van der Waals surface area (Å²) in [6.45, 7) is 4.60. The smallest absolute Gasteiger partial charge is 0.341 e. The highest BCUT2D eigenvalue weighted by Gasteiger charge is 2.30. The molecule has 2 heterocycles. The van der Waals surface area contributed by atoms with Crippen molar-refractivity contribution in [2.45, 2.75) is 52.0 Å². The van der Waals surface area contributed by atoms with Crippen molar-refractivity contribution in [3.63, 3.8) is 0 Å². The van der Waals surface area contributed by atoms with Gasteiger partial charge in [0, 0.05) is 23.0 Å². The van der Waals surface area contributed by atoms with Gasteiger partial charge in [-0.3, -0.25) is 9.69 Å². The second-order valence-corrected chi connectivity index (χ2v) is 9.87. The number of nitrogens with one attached hydrogen (secondary N) is 1. The zero-order valence-corrected chi connectivity index (χ0v) is 19.5. The van der Waals surface area contributed by atoms with Crippen LogP contribution in [0.1, 0.15) is 59.0 Å². The minimum atomic E-state index is -0.316. The third-order valence-electron chi connectivity index (χ3n) is 6.06. The lowest BCUT2D eigenvalue weighted by Gasteiger charge is -2.32. The van der Waals surface area contributed by atoms with Crippen LogP contribution < -0.4 is 5.32 Å². The molecule has 31 heavy (non-hydrogen) atoms. The first kappa shape index (κ1) is 22.3. The lowest BCUT2D eigenvalue weighted by Crippen LogP contribution is -2.40. The quantitative estimate of drug-likeness (QED) is 0.593. The van der Waals surface area contributed by atoms with Crippen molar-refractivity contribution in [2.75, 3.05) is 25.0 Å². The van der Waals surface area contributed by atoms with Gasteiger partial charge in [0.1, 0.15) is 5.00 Å². The van der Waals surface area contributed by atoms with E-state index in [1.165, 1.54) is 4.88 Å². The number of anilines is 1. The summed E-state index contributed by atoms with van der Waals surface area (Å²) in [4.78, 5) is 29.3. The number of carbonyl (C=O) groups is 2. The number of aryl methyl sites for hydroxylation is 1. The van der Waals surface area contributed by atoms with E-state index in [0.29, 0.717) is 23.7 Å². The predicted octanol–water partition coefficient (Wildman–Crippen LogP) is 5.31. The fraction of sp³-hybridized carbons (Fsp3) is 0.500. The summed E-state index contributed by atoms with van der Waals surface area (Å²) < 4.78 is 5.31. The molecule has 1 amide bonds. The van der Waals surface area contributed by atoms with Crippen molar-refractivity contribution in [3.8, 4) is 0 Å². The van der Waals surface area contributed by atoms with Crippen LogP contribution in [0.5, 0.6) is 0 Å². The molecule has 1 unspecified atom stereocenters. The molecule has 4 rings (SSSR count). The van der Waals surface area contributed by atoms with Crippen molar-refractivity contribution in [2.24, 2.45) is 5.92 Å². The highest BCUT2D eigenvalue weighted by atomic mass is 35.5. The molecule has 7 heteroatoms. The molecule has 1 aliphatic heterocycles. The number of hydrogen-bond acceptors (Lipinski definition) is 5. The van der Waals surface area contributed by atoms with E-state index in [4.69, 9.17) is 16.3 Å². The Hall–Kier alpha value is -1.89. The number of likely N-dealkylation sites (tertiary alicyclic amines) is 1. The minimum absolute atomic E-state index is 0.0000560. The van der Waals surface area contributed by atoms with Crippen molar-refractivity contribution in [1.82, 2.24) is 4.90 Å². The average Bonchev–Trinajstić information content (AvgIpc) is 3.12. The monoisotopic (exact) mass is 460 g/mol. The zero-order chi connectivity index (χ0) is 21.8. The van der Waals surface area contributed by atoms with Crippen LogP contribution in [0.25, 0.3) is 0 Å². The number of ether oxygens (including phenoxy) is 1. The number of benzene rings is 1. The summed E-state index contributed by atoms with van der Waals surface area (Å²) in [5, 5.41) is 4.50. The van der Waals surface area contributed by atoms with Crippen LogP contribution in [0.2, 0.25) is 5.02 Å². The fourth-order valence-electron chi connectivity index (χ4n) is 4.59. The third-order valence-corrected chi connectivity index (χ3v) is 7.50. The molecule has 1 atom stereocenters. The van der Waals surface area contributed by atoms with E-state index >= 15 is 0 Å². The van der Waals surface area contributed by atoms with Crippen molar-refractivity contribution >= 4 is 39.8 Å². The number of esters is 1. The third kappa shape index (κ3) is 5.30. The zero-order valence-electron chi connectivity index (χ0n) is 17.9. The maximum absolute atomic E-state index is 13.2. The second kappa shape index (κ2) is 10.2. The molecule has 2 aliphatic rings. The molecule has 1 N–H and O–H groups in total. The Morgan fingerprint density at radius 2 is 2.10 bits per heavy atom. The van der Waals surface area contributed by atoms with Gasteiger partial charge in [0.25, 0.3) is 0 Å². The van der Waals surface area contributed by atoms with Gasteiger partial charge in [-0.15, -0.1) is 11.3 Å². The summed E-state index contributed by atoms with van der Waals surface area (Å²) in [6.07, 6.45) is 5.89. The summed E-state index contributed by atoms with van der Waals surface area (Å²) in [5.41, 5.74) is 2.82. The molecule has 5 nitrogen and oxygen atoms in total. The Kier molecular flexibility index (Phi) is 7.31. The van der Waals surface area contributed by atoms with E-state index in [2.05, 4.69) is 16.3 Å². The Balaban J connectivity index is 1.46. The number of carbonyl (C=O) groups excluding carboxylic acids is 2. The summed E-state index contributed by atoms with van der Waals surface area (Å²) in [6, 6.07) is 7.88. The second-order valence-electron chi connectivity index (χ2n) is 8.33. The van der Waals surface area contributed by atoms with Crippen molar-refractivity contribution < 1.29 is 14.3 Å². The number of amides is 1. The highest BCUT2D eigenvalue weighted by Crippen LogP contribution is 2.39. The molecule has 0 radical (unpaired) electrons. The van der Waals surface area contributed by atoms with Crippen LogP contribution in [0.4, 0.5) is 5.00 Å². The Morgan fingerprint density at radius 1 is 1.26 bits per heavy atom. The van der Waals surface area contributed by atoms with Gasteiger partial charge in [-0.05, 0) is 75.3 Å². The van der Waals surface area contributed by atoms with Crippen LogP contribution in [-0.4, -0.2) is 36.5 Å². The lowest BCUT2D eigenvalue weighted by atomic mass is 9.95. The standard InChI is InChI=1S/C24H29ClN2O3S/c1-2-30-24(29)21-19-10-3-4-11-20(19)31-23(21)26-22(28)17-8-6-12-27(15-17)14-16-7-5-9-18(25)13-16/h5,7,9,13,17H,2-4,6,8,10-12,14-15H2,1H3,(H,26,28). The van der Waals surface area contributed by atoms with Gasteiger partial charge in [-0.2, -0.15) is 0 Å².